The molecule has 5 nitrogen and oxygen atoms in total. The lowest BCUT2D eigenvalue weighted by molar-refractivity contribution is -0.120. The van der Waals surface area contributed by atoms with Crippen molar-refractivity contribution in [1.29, 1.82) is 0 Å². The van der Waals surface area contributed by atoms with Crippen molar-refractivity contribution in [3.05, 3.63) is 42.0 Å². The van der Waals surface area contributed by atoms with Crippen LogP contribution >= 0.6 is 11.8 Å². The molecule has 1 saturated carbocycles. The van der Waals surface area contributed by atoms with Crippen molar-refractivity contribution in [2.75, 3.05) is 0 Å². The van der Waals surface area contributed by atoms with Crippen LogP contribution in [0.15, 0.2) is 35.7 Å². The van der Waals surface area contributed by atoms with E-state index in [-0.39, 0.29) is 17.8 Å². The molecule has 1 amide bonds. The zero-order valence-electron chi connectivity index (χ0n) is 11.5. The number of thioether (sulfide) groups is 1. The normalized spacial score (nSPS) is 15.7. The van der Waals surface area contributed by atoms with Crippen LogP contribution in [0.5, 0.6) is 0 Å². The molecule has 0 aliphatic heterocycles. The number of amides is 1. The van der Waals surface area contributed by atoms with Crippen LogP contribution in [-0.4, -0.2) is 26.7 Å². The van der Waals surface area contributed by atoms with Crippen molar-refractivity contribution in [3.8, 4) is 0 Å². The van der Waals surface area contributed by atoms with Crippen molar-refractivity contribution in [2.45, 2.75) is 29.3 Å². The van der Waals surface area contributed by atoms with Crippen molar-refractivity contribution in [3.63, 3.8) is 0 Å². The van der Waals surface area contributed by atoms with Gasteiger partial charge in [0.15, 0.2) is 5.16 Å². The van der Waals surface area contributed by atoms with Gasteiger partial charge in [-0.15, -0.1) is 10.2 Å². The molecule has 110 valence electrons. The first-order valence-electron chi connectivity index (χ1n) is 6.70. The molecule has 7 heteroatoms. The highest BCUT2D eigenvalue weighted by atomic mass is 32.2. The van der Waals surface area contributed by atoms with E-state index in [9.17, 15) is 9.18 Å². The van der Waals surface area contributed by atoms with Crippen molar-refractivity contribution in [1.82, 2.24) is 20.1 Å². The van der Waals surface area contributed by atoms with Crippen LogP contribution in [0.3, 0.4) is 0 Å². The second-order valence-electron chi connectivity index (χ2n) is 5.06. The fourth-order valence-corrected chi connectivity index (χ4v) is 2.89. The van der Waals surface area contributed by atoms with E-state index in [1.54, 1.807) is 23.0 Å². The molecule has 1 aliphatic carbocycles. The SMILES string of the molecule is Cn1cnnc1SC(C(=O)NC1CC1)c1ccc(F)cc1. The van der Waals surface area contributed by atoms with Crippen LogP contribution < -0.4 is 5.32 Å². The number of rotatable bonds is 5. The first kappa shape index (κ1) is 14.1. The molecule has 1 aromatic heterocycles. The number of nitrogens with zero attached hydrogens (tertiary/aromatic N) is 3. The van der Waals surface area contributed by atoms with Crippen molar-refractivity contribution < 1.29 is 9.18 Å². The van der Waals surface area contributed by atoms with Gasteiger partial charge in [-0.05, 0) is 30.5 Å². The second kappa shape index (κ2) is 5.85. The second-order valence-corrected chi connectivity index (χ2v) is 6.13. The van der Waals surface area contributed by atoms with Gasteiger partial charge in [-0.1, -0.05) is 23.9 Å². The zero-order chi connectivity index (χ0) is 14.8. The van der Waals surface area contributed by atoms with E-state index in [2.05, 4.69) is 15.5 Å². The number of nitrogens with one attached hydrogen (secondary N) is 1. The molecule has 1 aromatic carbocycles. The molecule has 1 N–H and O–H groups in total. The van der Waals surface area contributed by atoms with Crippen LogP contribution in [0.4, 0.5) is 4.39 Å². The summed E-state index contributed by atoms with van der Waals surface area (Å²) in [5.74, 6) is -0.388. The Morgan fingerprint density at radius 1 is 1.43 bits per heavy atom. The number of hydrogen-bond donors (Lipinski definition) is 1. The zero-order valence-corrected chi connectivity index (χ0v) is 12.3. The standard InChI is InChI=1S/C14H15FN4OS/c1-19-8-16-18-14(19)21-12(13(20)17-11-6-7-11)9-2-4-10(15)5-3-9/h2-5,8,11-12H,6-7H2,1H3,(H,17,20). The van der Waals surface area contributed by atoms with E-state index in [1.165, 1.54) is 23.9 Å². The lowest BCUT2D eigenvalue weighted by Crippen LogP contribution is -2.29. The van der Waals surface area contributed by atoms with Crippen molar-refractivity contribution >= 4 is 17.7 Å². The van der Waals surface area contributed by atoms with Gasteiger partial charge < -0.3 is 9.88 Å². The molecule has 2 aromatic rings. The molecule has 0 radical (unpaired) electrons. The summed E-state index contributed by atoms with van der Waals surface area (Å²) in [4.78, 5) is 12.4. The number of aryl methyl sites for hydroxylation is 1. The van der Waals surface area contributed by atoms with E-state index in [0.717, 1.165) is 18.4 Å². The molecule has 1 atom stereocenters. The van der Waals surface area contributed by atoms with Gasteiger partial charge >= 0.3 is 0 Å². The third kappa shape index (κ3) is 3.41. The highest BCUT2D eigenvalue weighted by Gasteiger charge is 2.30. The highest BCUT2D eigenvalue weighted by Crippen LogP contribution is 2.35. The van der Waals surface area contributed by atoms with E-state index >= 15 is 0 Å². The molecule has 1 fully saturated rings. The van der Waals surface area contributed by atoms with E-state index in [1.807, 2.05) is 7.05 Å². The molecule has 1 unspecified atom stereocenters. The van der Waals surface area contributed by atoms with Gasteiger partial charge in [-0.3, -0.25) is 4.79 Å². The summed E-state index contributed by atoms with van der Waals surface area (Å²) in [6, 6.07) is 6.28. The number of aromatic nitrogens is 3. The van der Waals surface area contributed by atoms with Crippen LogP contribution in [0.2, 0.25) is 0 Å². The van der Waals surface area contributed by atoms with Crippen molar-refractivity contribution in [2.24, 2.45) is 7.05 Å². The summed E-state index contributed by atoms with van der Waals surface area (Å²) in [7, 11) is 1.82. The Bertz CT molecular complexity index is 639. The maximum atomic E-state index is 13.1. The monoisotopic (exact) mass is 306 g/mol. The summed E-state index contributed by atoms with van der Waals surface area (Å²) in [5, 5.41) is 11.0. The molecule has 0 spiro atoms. The molecule has 21 heavy (non-hydrogen) atoms. The van der Waals surface area contributed by atoms with Crippen LogP contribution in [0.1, 0.15) is 23.7 Å². The summed E-state index contributed by atoms with van der Waals surface area (Å²) in [6.45, 7) is 0. The molecule has 0 bridgehead atoms. The fourth-order valence-electron chi connectivity index (χ4n) is 1.90. The quantitative estimate of drug-likeness (QED) is 0.859. The third-order valence-corrected chi connectivity index (χ3v) is 4.53. The summed E-state index contributed by atoms with van der Waals surface area (Å²) < 4.78 is 14.8. The van der Waals surface area contributed by atoms with Gasteiger partial charge in [-0.25, -0.2) is 4.39 Å². The Hall–Kier alpha value is -1.89. The number of hydrogen-bond acceptors (Lipinski definition) is 4. The third-order valence-electron chi connectivity index (χ3n) is 3.23. The Morgan fingerprint density at radius 2 is 2.14 bits per heavy atom. The van der Waals surface area contributed by atoms with Gasteiger partial charge in [-0.2, -0.15) is 0 Å². The Morgan fingerprint density at radius 3 is 2.71 bits per heavy atom. The summed E-state index contributed by atoms with van der Waals surface area (Å²) in [6.07, 6.45) is 3.63. The molecular weight excluding hydrogens is 291 g/mol. The minimum Gasteiger partial charge on any atom is -0.352 e. The lowest BCUT2D eigenvalue weighted by Gasteiger charge is -2.16. The molecule has 1 aliphatic rings. The first-order valence-corrected chi connectivity index (χ1v) is 7.58. The first-order chi connectivity index (χ1) is 10.1. The average molecular weight is 306 g/mol. The largest absolute Gasteiger partial charge is 0.352 e. The molecule has 1 heterocycles. The van der Waals surface area contributed by atoms with Gasteiger partial charge in [0.25, 0.3) is 0 Å². The number of halogens is 1. The predicted octanol–water partition coefficient (Wildman–Crippen LogP) is 2.07. The van der Waals surface area contributed by atoms with Crippen LogP contribution in [-0.2, 0) is 11.8 Å². The smallest absolute Gasteiger partial charge is 0.238 e. The maximum absolute atomic E-state index is 13.1. The van der Waals surface area contributed by atoms with E-state index in [4.69, 9.17) is 0 Å². The van der Waals surface area contributed by atoms with E-state index in [0.29, 0.717) is 5.16 Å². The molecule has 0 saturated heterocycles. The highest BCUT2D eigenvalue weighted by molar-refractivity contribution is 8.00. The van der Waals surface area contributed by atoms with Gasteiger partial charge in [0, 0.05) is 13.1 Å². The summed E-state index contributed by atoms with van der Waals surface area (Å²) >= 11 is 1.31. The van der Waals surface area contributed by atoms with Gasteiger partial charge in [0.1, 0.15) is 17.4 Å². The topological polar surface area (TPSA) is 59.8 Å². The van der Waals surface area contributed by atoms with E-state index < -0.39 is 5.25 Å². The average Bonchev–Trinajstić information content (AvgIpc) is 3.18. The Balaban J connectivity index is 1.84. The van der Waals surface area contributed by atoms with Gasteiger partial charge in [0.05, 0.1) is 0 Å². The Kier molecular flexibility index (Phi) is 3.92. The molecular formula is C14H15FN4OS. The van der Waals surface area contributed by atoms with Crippen LogP contribution in [0, 0.1) is 5.82 Å². The molecule has 3 rings (SSSR count). The maximum Gasteiger partial charge on any atom is 0.238 e. The number of benzene rings is 1. The number of carbonyl (C=O) groups is 1. The van der Waals surface area contributed by atoms with Gasteiger partial charge in [0.2, 0.25) is 5.91 Å². The lowest BCUT2D eigenvalue weighted by atomic mass is 10.1. The van der Waals surface area contributed by atoms with Crippen LogP contribution in [0.25, 0.3) is 0 Å². The summed E-state index contributed by atoms with van der Waals surface area (Å²) in [5.41, 5.74) is 0.752. The fraction of sp³-hybridized carbons (Fsp3) is 0.357. The number of carbonyl (C=O) groups excluding carboxylic acids is 1. The minimum absolute atomic E-state index is 0.0721. The predicted molar refractivity (Wildman–Crippen MR) is 77.2 cm³/mol. The Labute approximate surface area is 125 Å². The minimum atomic E-state index is -0.464.